The van der Waals surface area contributed by atoms with Gasteiger partial charge in [-0.05, 0) is 31.2 Å². The number of hydrogen-bond acceptors (Lipinski definition) is 4. The molecule has 21 heavy (non-hydrogen) atoms. The van der Waals surface area contributed by atoms with Crippen molar-refractivity contribution in [1.29, 1.82) is 0 Å². The van der Waals surface area contributed by atoms with Gasteiger partial charge in [0.15, 0.2) is 0 Å². The van der Waals surface area contributed by atoms with E-state index in [-0.39, 0.29) is 5.91 Å². The van der Waals surface area contributed by atoms with Gasteiger partial charge in [-0.3, -0.25) is 4.79 Å². The maximum atomic E-state index is 12.1. The van der Waals surface area contributed by atoms with Crippen LogP contribution in [0.4, 0.5) is 11.4 Å². The molecule has 0 bridgehead atoms. The number of amides is 1. The molecule has 2 N–H and O–H groups in total. The quantitative estimate of drug-likeness (QED) is 0.801. The summed E-state index contributed by atoms with van der Waals surface area (Å²) in [5, 5.41) is 5.96. The van der Waals surface area contributed by atoms with Crippen molar-refractivity contribution in [2.45, 2.75) is 6.92 Å². The van der Waals surface area contributed by atoms with Gasteiger partial charge in [0.05, 0.1) is 18.5 Å². The normalized spacial score (nSPS) is 10.2. The zero-order chi connectivity index (χ0) is 15.1. The molecule has 0 radical (unpaired) electrons. The molecular weight excluding hydrogens is 266 g/mol. The van der Waals surface area contributed by atoms with Crippen molar-refractivity contribution in [1.82, 2.24) is 4.98 Å². The highest BCUT2D eigenvalue weighted by atomic mass is 16.5. The van der Waals surface area contributed by atoms with Crippen molar-refractivity contribution in [2.24, 2.45) is 0 Å². The molecule has 0 spiro atoms. The number of anilines is 2. The Kier molecular flexibility index (Phi) is 5.29. The minimum Gasteiger partial charge on any atom is -0.383 e. The third-order valence-electron chi connectivity index (χ3n) is 2.94. The van der Waals surface area contributed by atoms with Crippen LogP contribution >= 0.6 is 0 Å². The zero-order valence-electron chi connectivity index (χ0n) is 12.2. The number of aryl methyl sites for hydroxylation is 1. The van der Waals surface area contributed by atoms with Gasteiger partial charge in [0.1, 0.15) is 5.69 Å². The Morgan fingerprint density at radius 3 is 2.48 bits per heavy atom. The molecule has 5 nitrogen and oxygen atoms in total. The predicted octanol–water partition coefficient (Wildman–Crippen LogP) is 2.70. The number of nitrogens with one attached hydrogen (secondary N) is 2. The molecule has 2 rings (SSSR count). The molecule has 1 heterocycles. The van der Waals surface area contributed by atoms with Crippen LogP contribution in [-0.2, 0) is 4.74 Å². The Labute approximate surface area is 124 Å². The first-order valence-corrected chi connectivity index (χ1v) is 6.76. The van der Waals surface area contributed by atoms with Crippen LogP contribution < -0.4 is 10.6 Å². The summed E-state index contributed by atoms with van der Waals surface area (Å²) in [7, 11) is 1.65. The predicted molar refractivity (Wildman–Crippen MR) is 83.7 cm³/mol. The summed E-state index contributed by atoms with van der Waals surface area (Å²) < 4.78 is 4.95. The van der Waals surface area contributed by atoms with Crippen molar-refractivity contribution < 1.29 is 9.53 Å². The summed E-state index contributed by atoms with van der Waals surface area (Å²) in [6.07, 6.45) is 1.64. The van der Waals surface area contributed by atoms with Crippen LogP contribution in [0.5, 0.6) is 0 Å². The maximum absolute atomic E-state index is 12.1. The lowest BCUT2D eigenvalue weighted by Gasteiger charge is -2.07. The molecule has 0 atom stereocenters. The van der Waals surface area contributed by atoms with E-state index in [2.05, 4.69) is 15.6 Å². The zero-order valence-corrected chi connectivity index (χ0v) is 12.2. The monoisotopic (exact) mass is 285 g/mol. The topological polar surface area (TPSA) is 63.2 Å². The van der Waals surface area contributed by atoms with Crippen LogP contribution in [0.2, 0.25) is 0 Å². The lowest BCUT2D eigenvalue weighted by molar-refractivity contribution is 0.102. The number of benzene rings is 1. The molecule has 2 aromatic rings. The molecule has 0 aliphatic heterocycles. The molecule has 0 unspecified atom stereocenters. The van der Waals surface area contributed by atoms with Gasteiger partial charge in [-0.25, -0.2) is 4.98 Å². The van der Waals surface area contributed by atoms with Gasteiger partial charge in [-0.15, -0.1) is 0 Å². The molecule has 1 aromatic carbocycles. The highest BCUT2D eigenvalue weighted by molar-refractivity contribution is 6.02. The average Bonchev–Trinajstić information content (AvgIpc) is 2.50. The molecule has 0 saturated carbocycles. The van der Waals surface area contributed by atoms with Crippen LogP contribution in [0.3, 0.4) is 0 Å². The summed E-state index contributed by atoms with van der Waals surface area (Å²) in [6, 6.07) is 11.2. The lowest BCUT2D eigenvalue weighted by atomic mass is 10.2. The van der Waals surface area contributed by atoms with Gasteiger partial charge in [-0.2, -0.15) is 0 Å². The van der Waals surface area contributed by atoms with Crippen LogP contribution in [0, 0.1) is 6.92 Å². The van der Waals surface area contributed by atoms with E-state index in [0.717, 1.165) is 16.9 Å². The number of ether oxygens (including phenoxy) is 1. The van der Waals surface area contributed by atoms with Crippen molar-refractivity contribution in [3.05, 3.63) is 53.9 Å². The first kappa shape index (κ1) is 15.0. The second kappa shape index (κ2) is 7.40. The summed E-state index contributed by atoms with van der Waals surface area (Å²) >= 11 is 0. The second-order valence-electron chi connectivity index (χ2n) is 4.67. The van der Waals surface area contributed by atoms with E-state index in [1.165, 1.54) is 0 Å². The van der Waals surface area contributed by atoms with E-state index in [1.807, 2.05) is 37.3 Å². The van der Waals surface area contributed by atoms with E-state index in [4.69, 9.17) is 4.74 Å². The molecule has 0 fully saturated rings. The van der Waals surface area contributed by atoms with Gasteiger partial charge in [0, 0.05) is 19.3 Å². The lowest BCUT2D eigenvalue weighted by Crippen LogP contribution is -2.14. The fraction of sp³-hybridized carbons (Fsp3) is 0.250. The SMILES string of the molecule is COCCNc1ccc(C(=O)Nc2ccc(C)cc2)nc1. The van der Waals surface area contributed by atoms with E-state index in [1.54, 1.807) is 19.4 Å². The maximum Gasteiger partial charge on any atom is 0.274 e. The molecule has 1 amide bonds. The number of carbonyl (C=O) groups excluding carboxylic acids is 1. The minimum atomic E-state index is -0.220. The molecule has 0 aliphatic rings. The molecule has 0 aliphatic carbocycles. The summed E-state index contributed by atoms with van der Waals surface area (Å²) in [5.41, 5.74) is 3.15. The average molecular weight is 285 g/mol. The van der Waals surface area contributed by atoms with Crippen LogP contribution in [-0.4, -0.2) is 31.2 Å². The highest BCUT2D eigenvalue weighted by Crippen LogP contribution is 2.11. The number of methoxy groups -OCH3 is 1. The van der Waals surface area contributed by atoms with Crippen LogP contribution in [0.1, 0.15) is 16.1 Å². The first-order chi connectivity index (χ1) is 10.2. The number of carbonyl (C=O) groups is 1. The molecule has 0 saturated heterocycles. The fourth-order valence-corrected chi connectivity index (χ4v) is 1.76. The van der Waals surface area contributed by atoms with Gasteiger partial charge >= 0.3 is 0 Å². The Balaban J connectivity index is 1.94. The smallest absolute Gasteiger partial charge is 0.274 e. The Morgan fingerprint density at radius 1 is 1.14 bits per heavy atom. The molecular formula is C16H19N3O2. The molecule has 5 heteroatoms. The largest absolute Gasteiger partial charge is 0.383 e. The Bertz CT molecular complexity index is 579. The first-order valence-electron chi connectivity index (χ1n) is 6.76. The molecule has 110 valence electrons. The van der Waals surface area contributed by atoms with E-state index in [0.29, 0.717) is 18.8 Å². The summed E-state index contributed by atoms with van der Waals surface area (Å²) in [6.45, 7) is 3.32. The number of nitrogens with zero attached hydrogens (tertiary/aromatic N) is 1. The van der Waals surface area contributed by atoms with E-state index in [9.17, 15) is 4.79 Å². The molecule has 1 aromatic heterocycles. The van der Waals surface area contributed by atoms with E-state index < -0.39 is 0 Å². The van der Waals surface area contributed by atoms with Gasteiger partial charge in [0.2, 0.25) is 0 Å². The van der Waals surface area contributed by atoms with E-state index >= 15 is 0 Å². The van der Waals surface area contributed by atoms with Crippen molar-refractivity contribution in [2.75, 3.05) is 30.9 Å². The van der Waals surface area contributed by atoms with Crippen LogP contribution in [0.15, 0.2) is 42.6 Å². The second-order valence-corrected chi connectivity index (χ2v) is 4.67. The summed E-state index contributed by atoms with van der Waals surface area (Å²) in [5.74, 6) is -0.220. The van der Waals surface area contributed by atoms with Gasteiger partial charge in [0.25, 0.3) is 5.91 Å². The number of pyridine rings is 1. The van der Waals surface area contributed by atoms with Crippen molar-refractivity contribution >= 4 is 17.3 Å². The Morgan fingerprint density at radius 2 is 1.86 bits per heavy atom. The summed E-state index contributed by atoms with van der Waals surface area (Å²) in [4.78, 5) is 16.2. The Hall–Kier alpha value is -2.40. The third-order valence-corrected chi connectivity index (χ3v) is 2.94. The number of aromatic nitrogens is 1. The fourth-order valence-electron chi connectivity index (χ4n) is 1.76. The van der Waals surface area contributed by atoms with Crippen molar-refractivity contribution in [3.8, 4) is 0 Å². The van der Waals surface area contributed by atoms with Gasteiger partial charge < -0.3 is 15.4 Å². The van der Waals surface area contributed by atoms with Gasteiger partial charge in [-0.1, -0.05) is 17.7 Å². The third kappa shape index (κ3) is 4.57. The van der Waals surface area contributed by atoms with Crippen LogP contribution in [0.25, 0.3) is 0 Å². The number of hydrogen-bond donors (Lipinski definition) is 2. The minimum absolute atomic E-state index is 0.220. The standard InChI is InChI=1S/C16H19N3O2/c1-12-3-5-13(6-4-12)19-16(20)15-8-7-14(11-18-15)17-9-10-21-2/h3-8,11,17H,9-10H2,1-2H3,(H,19,20). The highest BCUT2D eigenvalue weighted by Gasteiger charge is 2.07. The van der Waals surface area contributed by atoms with Crippen molar-refractivity contribution in [3.63, 3.8) is 0 Å². The number of rotatable bonds is 6.